The van der Waals surface area contributed by atoms with Gasteiger partial charge in [-0.05, 0) is 17.5 Å². The first kappa shape index (κ1) is 12.7. The highest BCUT2D eigenvalue weighted by Crippen LogP contribution is 2.24. The summed E-state index contributed by atoms with van der Waals surface area (Å²) >= 11 is 0. The van der Waals surface area contributed by atoms with E-state index in [4.69, 9.17) is 10.00 Å². The molecule has 0 saturated carbocycles. The molecule has 1 aromatic rings. The molecule has 0 saturated heterocycles. The maximum atomic E-state index is 10.0. The topological polar surface area (TPSA) is 53.2 Å². The van der Waals surface area contributed by atoms with Gasteiger partial charge in [-0.1, -0.05) is 31.2 Å². The highest BCUT2D eigenvalue weighted by molar-refractivity contribution is 5.26. The van der Waals surface area contributed by atoms with E-state index in [1.54, 1.807) is 7.11 Å². The molecular formula is C13H17NO2. The summed E-state index contributed by atoms with van der Waals surface area (Å²) in [4.78, 5) is 0. The van der Waals surface area contributed by atoms with Crippen LogP contribution in [-0.2, 0) is 11.3 Å². The Bertz CT molecular complexity index is 370. The summed E-state index contributed by atoms with van der Waals surface area (Å²) in [6.07, 6.45) is -0.0709. The predicted octanol–water partition coefficient (Wildman–Crippen LogP) is 2.42. The molecule has 2 atom stereocenters. The van der Waals surface area contributed by atoms with E-state index in [-0.39, 0.29) is 5.92 Å². The lowest BCUT2D eigenvalue weighted by molar-refractivity contribution is 0.132. The number of hydrogen-bond donors (Lipinski definition) is 1. The van der Waals surface area contributed by atoms with Crippen molar-refractivity contribution in [2.75, 3.05) is 7.11 Å². The van der Waals surface area contributed by atoms with Crippen molar-refractivity contribution >= 4 is 0 Å². The second-order valence-corrected chi connectivity index (χ2v) is 3.77. The Balaban J connectivity index is 2.87. The highest BCUT2D eigenvalue weighted by atomic mass is 16.5. The summed E-state index contributed by atoms with van der Waals surface area (Å²) in [5.41, 5.74) is 1.79. The van der Waals surface area contributed by atoms with Gasteiger partial charge in [0.1, 0.15) is 0 Å². The van der Waals surface area contributed by atoms with Crippen LogP contribution in [0.2, 0.25) is 0 Å². The van der Waals surface area contributed by atoms with Crippen molar-refractivity contribution in [3.63, 3.8) is 0 Å². The third kappa shape index (κ3) is 3.06. The zero-order valence-corrected chi connectivity index (χ0v) is 9.68. The predicted molar refractivity (Wildman–Crippen MR) is 61.5 cm³/mol. The Labute approximate surface area is 96.3 Å². The molecule has 0 fully saturated rings. The fourth-order valence-corrected chi connectivity index (χ4v) is 1.65. The van der Waals surface area contributed by atoms with Crippen LogP contribution >= 0.6 is 0 Å². The molecule has 0 aliphatic heterocycles. The van der Waals surface area contributed by atoms with Gasteiger partial charge >= 0.3 is 0 Å². The molecule has 0 amide bonds. The summed E-state index contributed by atoms with van der Waals surface area (Å²) in [6.45, 7) is 2.42. The second-order valence-electron chi connectivity index (χ2n) is 3.77. The van der Waals surface area contributed by atoms with Crippen LogP contribution in [0.3, 0.4) is 0 Å². The Kier molecular flexibility index (Phi) is 4.97. The van der Waals surface area contributed by atoms with Crippen LogP contribution in [0.5, 0.6) is 0 Å². The monoisotopic (exact) mass is 219 g/mol. The SMILES string of the molecule is CCC(C#N)C(O)c1cccc(COC)c1. The fourth-order valence-electron chi connectivity index (χ4n) is 1.65. The molecule has 1 rings (SSSR count). The van der Waals surface area contributed by atoms with Gasteiger partial charge in [-0.15, -0.1) is 0 Å². The number of hydrogen-bond acceptors (Lipinski definition) is 3. The number of aliphatic hydroxyl groups excluding tert-OH is 1. The standard InChI is InChI=1S/C13H17NO2/c1-3-11(8-14)13(15)12-6-4-5-10(7-12)9-16-2/h4-7,11,13,15H,3,9H2,1-2H3. The van der Waals surface area contributed by atoms with Crippen LogP contribution in [0.15, 0.2) is 24.3 Å². The Hall–Kier alpha value is -1.37. The van der Waals surface area contributed by atoms with E-state index in [1.807, 2.05) is 31.2 Å². The Morgan fingerprint density at radius 3 is 2.81 bits per heavy atom. The van der Waals surface area contributed by atoms with E-state index >= 15 is 0 Å². The van der Waals surface area contributed by atoms with Crippen LogP contribution in [0.25, 0.3) is 0 Å². The van der Waals surface area contributed by atoms with Gasteiger partial charge < -0.3 is 9.84 Å². The molecule has 16 heavy (non-hydrogen) atoms. The number of nitriles is 1. The highest BCUT2D eigenvalue weighted by Gasteiger charge is 2.18. The van der Waals surface area contributed by atoms with Crippen LogP contribution in [0.1, 0.15) is 30.6 Å². The number of methoxy groups -OCH3 is 1. The molecule has 1 N–H and O–H groups in total. The van der Waals surface area contributed by atoms with E-state index in [2.05, 4.69) is 6.07 Å². The quantitative estimate of drug-likeness (QED) is 0.827. The summed E-state index contributed by atoms with van der Waals surface area (Å²) < 4.78 is 5.03. The lowest BCUT2D eigenvalue weighted by atomic mass is 9.94. The van der Waals surface area contributed by atoms with Gasteiger partial charge in [-0.2, -0.15) is 5.26 Å². The lowest BCUT2D eigenvalue weighted by Gasteiger charge is -2.16. The average molecular weight is 219 g/mol. The van der Waals surface area contributed by atoms with Gasteiger partial charge in [0.25, 0.3) is 0 Å². The van der Waals surface area contributed by atoms with Gasteiger partial charge in [-0.3, -0.25) is 0 Å². The minimum absolute atomic E-state index is 0.349. The lowest BCUT2D eigenvalue weighted by Crippen LogP contribution is -2.10. The van der Waals surface area contributed by atoms with Crippen LogP contribution < -0.4 is 0 Å². The van der Waals surface area contributed by atoms with Crippen molar-refractivity contribution in [1.82, 2.24) is 0 Å². The van der Waals surface area contributed by atoms with Gasteiger partial charge in [-0.25, -0.2) is 0 Å². The van der Waals surface area contributed by atoms with E-state index in [9.17, 15) is 5.11 Å². The molecule has 0 aromatic heterocycles. The van der Waals surface area contributed by atoms with Crippen molar-refractivity contribution in [2.24, 2.45) is 5.92 Å². The average Bonchev–Trinajstić information content (AvgIpc) is 2.31. The molecule has 86 valence electrons. The molecule has 3 nitrogen and oxygen atoms in total. The van der Waals surface area contributed by atoms with Crippen molar-refractivity contribution in [2.45, 2.75) is 26.1 Å². The molecule has 3 heteroatoms. The zero-order valence-electron chi connectivity index (χ0n) is 9.68. The number of rotatable bonds is 5. The smallest absolute Gasteiger partial charge is 0.0948 e. The minimum Gasteiger partial charge on any atom is -0.387 e. The molecular weight excluding hydrogens is 202 g/mol. The normalized spacial score (nSPS) is 14.1. The van der Waals surface area contributed by atoms with Crippen molar-refractivity contribution < 1.29 is 9.84 Å². The molecule has 0 aliphatic rings. The summed E-state index contributed by atoms with van der Waals surface area (Å²) in [5, 5.41) is 18.9. The summed E-state index contributed by atoms with van der Waals surface area (Å²) in [7, 11) is 1.63. The molecule has 1 aromatic carbocycles. The molecule has 2 unspecified atom stereocenters. The van der Waals surface area contributed by atoms with Crippen LogP contribution in [0.4, 0.5) is 0 Å². The summed E-state index contributed by atoms with van der Waals surface area (Å²) in [5.74, 6) is -0.349. The van der Waals surface area contributed by atoms with Gasteiger partial charge in [0.2, 0.25) is 0 Å². The third-order valence-electron chi connectivity index (χ3n) is 2.59. The Morgan fingerprint density at radius 1 is 1.50 bits per heavy atom. The zero-order chi connectivity index (χ0) is 12.0. The van der Waals surface area contributed by atoms with E-state index in [1.165, 1.54) is 0 Å². The van der Waals surface area contributed by atoms with Gasteiger partial charge in [0.15, 0.2) is 0 Å². The molecule has 0 bridgehead atoms. The van der Waals surface area contributed by atoms with E-state index in [0.717, 1.165) is 11.1 Å². The number of nitrogens with zero attached hydrogens (tertiary/aromatic N) is 1. The number of ether oxygens (including phenoxy) is 1. The summed E-state index contributed by atoms with van der Waals surface area (Å²) in [6, 6.07) is 9.65. The van der Waals surface area contributed by atoms with Gasteiger partial charge in [0, 0.05) is 7.11 Å². The number of benzene rings is 1. The second kappa shape index (κ2) is 6.26. The van der Waals surface area contributed by atoms with Crippen LogP contribution in [-0.4, -0.2) is 12.2 Å². The van der Waals surface area contributed by atoms with Crippen molar-refractivity contribution in [3.8, 4) is 6.07 Å². The maximum Gasteiger partial charge on any atom is 0.0948 e. The molecule has 0 spiro atoms. The molecule has 0 heterocycles. The number of aliphatic hydroxyl groups is 1. The first-order valence-electron chi connectivity index (χ1n) is 5.38. The van der Waals surface area contributed by atoms with Crippen molar-refractivity contribution in [1.29, 1.82) is 5.26 Å². The molecule has 0 aliphatic carbocycles. The van der Waals surface area contributed by atoms with Crippen molar-refractivity contribution in [3.05, 3.63) is 35.4 Å². The van der Waals surface area contributed by atoms with Crippen LogP contribution in [0, 0.1) is 17.2 Å². The maximum absolute atomic E-state index is 10.0. The fraction of sp³-hybridized carbons (Fsp3) is 0.462. The van der Waals surface area contributed by atoms with E-state index < -0.39 is 6.10 Å². The first-order chi connectivity index (χ1) is 7.72. The minimum atomic E-state index is -0.716. The largest absolute Gasteiger partial charge is 0.387 e. The van der Waals surface area contributed by atoms with Gasteiger partial charge in [0.05, 0.1) is 24.7 Å². The third-order valence-corrected chi connectivity index (χ3v) is 2.59. The van der Waals surface area contributed by atoms with E-state index in [0.29, 0.717) is 13.0 Å². The Morgan fingerprint density at radius 2 is 2.25 bits per heavy atom. The molecule has 0 radical (unpaired) electrons. The first-order valence-corrected chi connectivity index (χ1v) is 5.38.